The number of rotatable bonds is 11. The number of halogens is 2. The lowest BCUT2D eigenvalue weighted by Gasteiger charge is -2.47. The number of hydrazine groups is 1. The molecule has 4 aromatic rings. The van der Waals surface area contributed by atoms with E-state index in [1.54, 1.807) is 21.7 Å². The molecule has 3 aliphatic rings. The molecule has 0 spiro atoms. The second kappa shape index (κ2) is 14.4. The van der Waals surface area contributed by atoms with Crippen molar-refractivity contribution in [1.82, 2.24) is 35.0 Å². The first kappa shape index (κ1) is 34.0. The summed E-state index contributed by atoms with van der Waals surface area (Å²) in [4.78, 5) is 23.1. The van der Waals surface area contributed by atoms with Crippen molar-refractivity contribution in [2.45, 2.75) is 56.3 Å². The molecule has 0 bridgehead atoms. The Morgan fingerprint density at radius 1 is 1.12 bits per heavy atom. The molecule has 3 aromatic carbocycles. The summed E-state index contributed by atoms with van der Waals surface area (Å²) < 4.78 is 43.9. The number of ether oxygens (including phenoxy) is 2. The van der Waals surface area contributed by atoms with E-state index in [0.717, 1.165) is 17.4 Å². The second-order valence-corrected chi connectivity index (χ2v) is 13.0. The predicted octanol–water partition coefficient (Wildman–Crippen LogP) is 4.11. The number of hydrogen-bond donors (Lipinski definition) is 2. The molecule has 3 saturated heterocycles. The van der Waals surface area contributed by atoms with Gasteiger partial charge in [-0.1, -0.05) is 42.5 Å². The van der Waals surface area contributed by atoms with E-state index in [1.807, 2.05) is 61.5 Å². The van der Waals surface area contributed by atoms with E-state index in [2.05, 4.69) is 25.3 Å². The molecule has 4 heterocycles. The Morgan fingerprint density at radius 2 is 1.92 bits per heavy atom. The van der Waals surface area contributed by atoms with Gasteiger partial charge >= 0.3 is 6.03 Å². The number of piperazine rings is 1. The number of anilines is 1. The summed E-state index contributed by atoms with van der Waals surface area (Å²) in [5, 5.41) is 21.7. The minimum absolute atomic E-state index is 0.116. The molecule has 264 valence electrons. The van der Waals surface area contributed by atoms with Crippen molar-refractivity contribution in [3.8, 4) is 5.75 Å². The monoisotopic (exact) mass is 688 g/mol. The number of benzene rings is 3. The summed E-state index contributed by atoms with van der Waals surface area (Å²) in [5.74, 6) is -0.679. The van der Waals surface area contributed by atoms with Crippen LogP contribution < -0.4 is 15.0 Å². The number of hydrogen-bond acceptors (Lipinski definition) is 9. The first-order valence-electron chi connectivity index (χ1n) is 16.9. The average molecular weight is 689 g/mol. The van der Waals surface area contributed by atoms with Crippen LogP contribution in [0.5, 0.6) is 5.75 Å². The maximum atomic E-state index is 15.7. The lowest BCUT2D eigenvalue weighted by Crippen LogP contribution is -2.63. The van der Waals surface area contributed by atoms with Crippen LogP contribution in [0.15, 0.2) is 85.5 Å². The Kier molecular flexibility index (Phi) is 9.80. The Morgan fingerprint density at radius 3 is 2.66 bits per heavy atom. The van der Waals surface area contributed by atoms with Crippen LogP contribution in [0.4, 0.5) is 19.3 Å². The first-order valence-corrected chi connectivity index (χ1v) is 16.9. The fourth-order valence-electron chi connectivity index (χ4n) is 7.73. The van der Waals surface area contributed by atoms with Gasteiger partial charge in [-0.05, 0) is 37.6 Å². The molecule has 0 radical (unpaired) electrons. The van der Waals surface area contributed by atoms with Gasteiger partial charge in [0.05, 0.1) is 32.3 Å². The second-order valence-electron chi connectivity index (χ2n) is 13.0. The van der Waals surface area contributed by atoms with Crippen molar-refractivity contribution in [3.63, 3.8) is 0 Å². The third-order valence-electron chi connectivity index (χ3n) is 9.99. The Hall–Kier alpha value is -4.47. The normalized spacial score (nSPS) is 25.4. The SMILES string of the molecule is COc1ccccc1[C@H]1CNCCN1C1N(c2ccccc2)C(=O)N(C(C)CCO)N1C1COC(Cn2cncn2)(c2ccc(F)cc2F)C1. The molecular weight excluding hydrogens is 646 g/mol. The number of urea groups is 1. The number of carbonyl (C=O) groups excluding carboxylic acids is 1. The number of nitrogens with zero attached hydrogens (tertiary/aromatic N) is 7. The molecule has 4 unspecified atom stereocenters. The van der Waals surface area contributed by atoms with Gasteiger partial charge in [0, 0.05) is 61.6 Å². The highest BCUT2D eigenvalue weighted by atomic mass is 19.1. The minimum atomic E-state index is -1.26. The van der Waals surface area contributed by atoms with Gasteiger partial charge in [-0.15, -0.1) is 0 Å². The van der Waals surface area contributed by atoms with E-state index in [-0.39, 0.29) is 43.8 Å². The van der Waals surface area contributed by atoms with Gasteiger partial charge in [0.1, 0.15) is 35.6 Å². The molecule has 14 heteroatoms. The van der Waals surface area contributed by atoms with Gasteiger partial charge in [-0.3, -0.25) is 14.8 Å². The van der Waals surface area contributed by atoms with Crippen molar-refractivity contribution in [3.05, 3.63) is 108 Å². The quantitative estimate of drug-likeness (QED) is 0.241. The summed E-state index contributed by atoms with van der Waals surface area (Å²) >= 11 is 0. The molecule has 7 rings (SSSR count). The van der Waals surface area contributed by atoms with Gasteiger partial charge in [-0.25, -0.2) is 23.2 Å². The van der Waals surface area contributed by atoms with Crippen LogP contribution in [0.25, 0.3) is 0 Å². The number of aliphatic hydroxyl groups excluding tert-OH is 1. The highest BCUT2D eigenvalue weighted by Gasteiger charge is 2.57. The number of aliphatic hydroxyl groups is 1. The molecule has 0 saturated carbocycles. The zero-order chi connectivity index (χ0) is 34.8. The van der Waals surface area contributed by atoms with E-state index in [1.165, 1.54) is 24.8 Å². The van der Waals surface area contributed by atoms with Gasteiger partial charge in [0.2, 0.25) is 0 Å². The summed E-state index contributed by atoms with van der Waals surface area (Å²) in [6.45, 7) is 3.91. The Balaban J connectivity index is 1.37. The highest BCUT2D eigenvalue weighted by molar-refractivity contribution is 5.94. The summed E-state index contributed by atoms with van der Waals surface area (Å²) in [6, 6.07) is 19.6. The molecule has 0 aliphatic carbocycles. The van der Waals surface area contributed by atoms with Gasteiger partial charge in [0.25, 0.3) is 0 Å². The molecule has 3 aliphatic heterocycles. The van der Waals surface area contributed by atoms with Crippen LogP contribution in [-0.2, 0) is 16.9 Å². The molecule has 50 heavy (non-hydrogen) atoms. The van der Waals surface area contributed by atoms with Crippen LogP contribution in [0, 0.1) is 11.6 Å². The van der Waals surface area contributed by atoms with Crippen LogP contribution >= 0.6 is 0 Å². The fraction of sp³-hybridized carbons (Fsp3) is 0.417. The summed E-state index contributed by atoms with van der Waals surface area (Å²) in [5.41, 5.74) is 0.617. The number of nitrogens with one attached hydrogen (secondary N) is 1. The third kappa shape index (κ3) is 6.22. The van der Waals surface area contributed by atoms with Crippen molar-refractivity contribution in [1.29, 1.82) is 0 Å². The van der Waals surface area contributed by atoms with Gasteiger partial charge in [-0.2, -0.15) is 10.1 Å². The van der Waals surface area contributed by atoms with E-state index in [4.69, 9.17) is 9.47 Å². The van der Waals surface area contributed by atoms with E-state index in [9.17, 15) is 14.3 Å². The molecule has 5 atom stereocenters. The summed E-state index contributed by atoms with van der Waals surface area (Å²) in [7, 11) is 1.65. The maximum absolute atomic E-state index is 15.7. The lowest BCUT2D eigenvalue weighted by atomic mass is 9.88. The standard InChI is InChI=1S/C36H42F2N8O4/c1-25(14-17-47)45-35(48)44(27-8-4-3-5-9-27)34(43-16-15-39-20-32(43)29-10-6-7-11-33(29)49-2)46(45)28-19-36(50-21-28,22-42-24-40-23-41-42)30-13-12-26(37)18-31(30)38/h3-13,18,23-25,28,32,34,39,47H,14-17,19-22H2,1-2H3/t25?,28?,32-,34?,36?/m1/s1. The van der Waals surface area contributed by atoms with E-state index >= 15 is 4.39 Å². The topological polar surface area (TPSA) is 111 Å². The average Bonchev–Trinajstić information content (AvgIpc) is 3.87. The summed E-state index contributed by atoms with van der Waals surface area (Å²) in [6.07, 6.45) is 2.87. The predicted molar refractivity (Wildman–Crippen MR) is 181 cm³/mol. The Bertz CT molecular complexity index is 1770. The number of aromatic nitrogens is 3. The molecule has 12 nitrogen and oxygen atoms in total. The van der Waals surface area contributed by atoms with Crippen LogP contribution in [-0.4, -0.2) is 99.2 Å². The van der Waals surface area contributed by atoms with Crippen molar-refractivity contribution in [2.75, 3.05) is 44.9 Å². The number of methoxy groups -OCH3 is 1. The maximum Gasteiger partial charge on any atom is 0.341 e. The highest BCUT2D eigenvalue weighted by Crippen LogP contribution is 2.46. The molecule has 2 amide bonds. The number of carbonyl (C=O) groups is 1. The smallest absolute Gasteiger partial charge is 0.341 e. The molecule has 2 N–H and O–H groups in total. The van der Waals surface area contributed by atoms with Crippen LogP contribution in [0.3, 0.4) is 0 Å². The van der Waals surface area contributed by atoms with Gasteiger partial charge in [0.15, 0.2) is 6.29 Å². The van der Waals surface area contributed by atoms with Crippen LogP contribution in [0.2, 0.25) is 0 Å². The number of para-hydroxylation sites is 2. The Labute approximate surface area is 289 Å². The third-order valence-corrected chi connectivity index (χ3v) is 9.99. The van der Waals surface area contributed by atoms with E-state index < -0.39 is 35.6 Å². The van der Waals surface area contributed by atoms with E-state index in [0.29, 0.717) is 31.7 Å². The molecular formula is C36H42F2N8O4. The fourth-order valence-corrected chi connectivity index (χ4v) is 7.73. The first-order chi connectivity index (χ1) is 24.3. The van der Waals surface area contributed by atoms with Crippen molar-refractivity contribution >= 4 is 11.7 Å². The van der Waals surface area contributed by atoms with Crippen molar-refractivity contribution < 1.29 is 28.2 Å². The molecule has 3 fully saturated rings. The van der Waals surface area contributed by atoms with Crippen LogP contribution in [0.1, 0.15) is 36.9 Å². The lowest BCUT2D eigenvalue weighted by molar-refractivity contribution is -0.110. The zero-order valence-electron chi connectivity index (χ0n) is 28.1. The minimum Gasteiger partial charge on any atom is -0.496 e. The number of amides is 2. The van der Waals surface area contributed by atoms with Crippen molar-refractivity contribution in [2.24, 2.45) is 0 Å². The largest absolute Gasteiger partial charge is 0.496 e. The molecule has 1 aromatic heterocycles. The zero-order valence-corrected chi connectivity index (χ0v) is 28.1. The van der Waals surface area contributed by atoms with Gasteiger partial charge < -0.3 is 19.9 Å².